The third-order valence-electron chi connectivity index (χ3n) is 3.39. The summed E-state index contributed by atoms with van der Waals surface area (Å²) >= 11 is 7.74. The van der Waals surface area contributed by atoms with Gasteiger partial charge < -0.3 is 5.32 Å². The number of thiophene rings is 1. The van der Waals surface area contributed by atoms with Gasteiger partial charge in [-0.2, -0.15) is 0 Å². The monoisotopic (exact) mass is 301 g/mol. The highest BCUT2D eigenvalue weighted by atomic mass is 35.5. The average molecular weight is 302 g/mol. The first-order chi connectivity index (χ1) is 9.79. The molecule has 0 saturated heterocycles. The van der Waals surface area contributed by atoms with Crippen LogP contribution in [0.4, 0.5) is 5.82 Å². The van der Waals surface area contributed by atoms with Crippen LogP contribution in [0.1, 0.15) is 12.8 Å². The van der Waals surface area contributed by atoms with Crippen LogP contribution in [0.2, 0.25) is 5.28 Å². The number of hydrogen-bond donors (Lipinski definition) is 1. The van der Waals surface area contributed by atoms with Gasteiger partial charge in [0.15, 0.2) is 0 Å². The summed E-state index contributed by atoms with van der Waals surface area (Å²) in [6, 6.07) is 11.0. The largest absolute Gasteiger partial charge is 0.367 e. The molecule has 0 spiro atoms. The smallest absolute Gasteiger partial charge is 0.224 e. The molecule has 3 aromatic rings. The molecular weight excluding hydrogens is 290 g/mol. The fourth-order valence-corrected chi connectivity index (χ4v) is 3.13. The molecule has 5 heteroatoms. The number of aromatic nitrogens is 2. The third kappa shape index (κ3) is 2.25. The molecule has 1 N–H and O–H groups in total. The predicted octanol–water partition coefficient (Wildman–Crippen LogP) is 4.59. The van der Waals surface area contributed by atoms with E-state index < -0.39 is 0 Å². The van der Waals surface area contributed by atoms with Crippen molar-refractivity contribution in [2.45, 2.75) is 18.9 Å². The molecule has 1 aliphatic rings. The summed E-state index contributed by atoms with van der Waals surface area (Å²) in [5, 5.41) is 6.85. The van der Waals surface area contributed by atoms with E-state index in [2.05, 4.69) is 44.9 Å². The van der Waals surface area contributed by atoms with Crippen molar-refractivity contribution >= 4 is 39.7 Å². The average Bonchev–Trinajstić information content (AvgIpc) is 3.09. The number of halogens is 1. The van der Waals surface area contributed by atoms with Crippen LogP contribution in [-0.4, -0.2) is 16.0 Å². The molecule has 0 radical (unpaired) electrons. The van der Waals surface area contributed by atoms with E-state index in [0.717, 1.165) is 16.7 Å². The summed E-state index contributed by atoms with van der Waals surface area (Å²) in [7, 11) is 0. The van der Waals surface area contributed by atoms with Crippen molar-refractivity contribution in [2.75, 3.05) is 5.32 Å². The standard InChI is InChI=1S/C15H12ClN3S/c16-15-18-12-6-3-9(13-2-1-7-20-13)8-11(12)14(19-15)17-10-4-5-10/h1-3,6-8,10H,4-5H2,(H,17,18,19). The highest BCUT2D eigenvalue weighted by molar-refractivity contribution is 7.13. The van der Waals surface area contributed by atoms with Gasteiger partial charge in [-0.25, -0.2) is 9.97 Å². The summed E-state index contributed by atoms with van der Waals surface area (Å²) < 4.78 is 0. The Hall–Kier alpha value is -1.65. The minimum absolute atomic E-state index is 0.296. The molecule has 1 aliphatic carbocycles. The van der Waals surface area contributed by atoms with Crippen molar-refractivity contribution in [3.63, 3.8) is 0 Å². The minimum Gasteiger partial charge on any atom is -0.367 e. The highest BCUT2D eigenvalue weighted by Crippen LogP contribution is 2.32. The van der Waals surface area contributed by atoms with Gasteiger partial charge in [-0.3, -0.25) is 0 Å². The number of anilines is 1. The van der Waals surface area contributed by atoms with Crippen molar-refractivity contribution in [1.29, 1.82) is 0 Å². The van der Waals surface area contributed by atoms with E-state index in [9.17, 15) is 0 Å². The van der Waals surface area contributed by atoms with Crippen LogP contribution >= 0.6 is 22.9 Å². The lowest BCUT2D eigenvalue weighted by Crippen LogP contribution is -2.04. The molecule has 4 rings (SSSR count). The third-order valence-corrected chi connectivity index (χ3v) is 4.48. The molecule has 0 amide bonds. The van der Waals surface area contributed by atoms with Crippen LogP contribution in [-0.2, 0) is 0 Å². The van der Waals surface area contributed by atoms with Gasteiger partial charge in [-0.05, 0) is 53.6 Å². The SMILES string of the molecule is Clc1nc(NC2CC2)c2cc(-c3cccs3)ccc2n1. The predicted molar refractivity (Wildman–Crippen MR) is 84.5 cm³/mol. The molecule has 2 aromatic heterocycles. The quantitative estimate of drug-likeness (QED) is 0.719. The van der Waals surface area contributed by atoms with Crippen LogP contribution < -0.4 is 5.32 Å². The van der Waals surface area contributed by atoms with Gasteiger partial charge in [0.25, 0.3) is 0 Å². The number of fused-ring (bicyclic) bond motifs is 1. The van der Waals surface area contributed by atoms with Gasteiger partial charge in [0.1, 0.15) is 5.82 Å². The molecular formula is C15H12ClN3S. The van der Waals surface area contributed by atoms with E-state index in [1.165, 1.54) is 23.3 Å². The first-order valence-electron chi connectivity index (χ1n) is 6.57. The Labute approximate surface area is 125 Å². The van der Waals surface area contributed by atoms with E-state index in [1.807, 2.05) is 6.07 Å². The number of nitrogens with one attached hydrogen (secondary N) is 1. The molecule has 3 nitrogen and oxygen atoms in total. The van der Waals surface area contributed by atoms with Crippen molar-refractivity contribution < 1.29 is 0 Å². The first kappa shape index (κ1) is 12.1. The van der Waals surface area contributed by atoms with E-state index >= 15 is 0 Å². The van der Waals surface area contributed by atoms with Crippen LogP contribution in [0.15, 0.2) is 35.7 Å². The zero-order valence-corrected chi connectivity index (χ0v) is 12.2. The molecule has 100 valence electrons. The van der Waals surface area contributed by atoms with Gasteiger partial charge in [0.2, 0.25) is 5.28 Å². The summed E-state index contributed by atoms with van der Waals surface area (Å²) in [5.41, 5.74) is 2.07. The minimum atomic E-state index is 0.296. The Morgan fingerprint density at radius 1 is 1.20 bits per heavy atom. The van der Waals surface area contributed by atoms with E-state index in [1.54, 1.807) is 11.3 Å². The number of benzene rings is 1. The van der Waals surface area contributed by atoms with Crippen molar-refractivity contribution in [3.05, 3.63) is 41.0 Å². The topological polar surface area (TPSA) is 37.8 Å². The maximum absolute atomic E-state index is 6.01. The second-order valence-corrected chi connectivity index (χ2v) is 6.25. The van der Waals surface area contributed by atoms with Gasteiger partial charge in [0.05, 0.1) is 5.52 Å². The lowest BCUT2D eigenvalue weighted by atomic mass is 10.1. The maximum Gasteiger partial charge on any atom is 0.224 e. The summed E-state index contributed by atoms with van der Waals surface area (Å²) in [5.74, 6) is 0.848. The number of nitrogens with zero attached hydrogens (tertiary/aromatic N) is 2. The molecule has 2 heterocycles. The Balaban J connectivity index is 1.88. The van der Waals surface area contributed by atoms with Crippen LogP contribution in [0.5, 0.6) is 0 Å². The molecule has 1 saturated carbocycles. The van der Waals surface area contributed by atoms with Crippen LogP contribution in [0.25, 0.3) is 21.3 Å². The molecule has 0 bridgehead atoms. The number of hydrogen-bond acceptors (Lipinski definition) is 4. The molecule has 1 fully saturated rings. The van der Waals surface area contributed by atoms with Crippen LogP contribution in [0.3, 0.4) is 0 Å². The van der Waals surface area contributed by atoms with Gasteiger partial charge >= 0.3 is 0 Å². The molecule has 0 atom stereocenters. The lowest BCUT2D eigenvalue weighted by molar-refractivity contribution is 1.10. The van der Waals surface area contributed by atoms with Gasteiger partial charge in [-0.15, -0.1) is 11.3 Å². The summed E-state index contributed by atoms with van der Waals surface area (Å²) in [6.07, 6.45) is 2.40. The Morgan fingerprint density at radius 2 is 2.10 bits per heavy atom. The van der Waals surface area contributed by atoms with Crippen molar-refractivity contribution in [3.8, 4) is 10.4 Å². The van der Waals surface area contributed by atoms with E-state index in [0.29, 0.717) is 11.3 Å². The van der Waals surface area contributed by atoms with Gasteiger partial charge in [-0.1, -0.05) is 12.1 Å². The van der Waals surface area contributed by atoms with Crippen molar-refractivity contribution in [1.82, 2.24) is 9.97 Å². The zero-order chi connectivity index (χ0) is 13.5. The molecule has 0 unspecified atom stereocenters. The van der Waals surface area contributed by atoms with Gasteiger partial charge in [0, 0.05) is 16.3 Å². The molecule has 20 heavy (non-hydrogen) atoms. The molecule has 0 aliphatic heterocycles. The second kappa shape index (κ2) is 4.72. The fourth-order valence-electron chi connectivity index (χ4n) is 2.23. The van der Waals surface area contributed by atoms with Crippen molar-refractivity contribution in [2.24, 2.45) is 0 Å². The van der Waals surface area contributed by atoms with Crippen LogP contribution in [0, 0.1) is 0 Å². The first-order valence-corrected chi connectivity index (χ1v) is 7.83. The summed E-state index contributed by atoms with van der Waals surface area (Å²) in [4.78, 5) is 9.90. The number of rotatable bonds is 3. The summed E-state index contributed by atoms with van der Waals surface area (Å²) in [6.45, 7) is 0. The van der Waals surface area contributed by atoms with E-state index in [4.69, 9.17) is 11.6 Å². The Morgan fingerprint density at radius 3 is 2.85 bits per heavy atom. The Kier molecular flexibility index (Phi) is 2.86. The Bertz CT molecular complexity index is 766. The zero-order valence-electron chi connectivity index (χ0n) is 10.6. The second-order valence-electron chi connectivity index (χ2n) is 4.97. The normalized spacial score (nSPS) is 14.7. The van der Waals surface area contributed by atoms with E-state index in [-0.39, 0.29) is 0 Å². The lowest BCUT2D eigenvalue weighted by Gasteiger charge is -2.09. The fraction of sp³-hybridized carbons (Fsp3) is 0.200. The maximum atomic E-state index is 6.01. The molecule has 1 aromatic carbocycles. The highest BCUT2D eigenvalue weighted by Gasteiger charge is 2.22.